The number of nitro groups is 1. The van der Waals surface area contributed by atoms with E-state index in [1.165, 1.54) is 12.1 Å². The normalized spacial score (nSPS) is 10.2. The van der Waals surface area contributed by atoms with E-state index in [4.69, 9.17) is 11.6 Å². The number of rotatable bonds is 5. The van der Waals surface area contributed by atoms with Gasteiger partial charge in [-0.3, -0.25) is 14.9 Å². The fourth-order valence-electron chi connectivity index (χ4n) is 1.92. The Kier molecular flexibility index (Phi) is 4.48. The average molecular weight is 290 g/mol. The summed E-state index contributed by atoms with van der Waals surface area (Å²) in [5, 5.41) is 10.9. The second-order valence-corrected chi connectivity index (χ2v) is 4.83. The van der Waals surface area contributed by atoms with Gasteiger partial charge in [-0.25, -0.2) is 0 Å². The molecule has 2 aromatic carbocycles. The van der Waals surface area contributed by atoms with Crippen molar-refractivity contribution in [3.63, 3.8) is 0 Å². The van der Waals surface area contributed by atoms with E-state index in [1.54, 1.807) is 6.07 Å². The van der Waals surface area contributed by atoms with Crippen molar-refractivity contribution in [1.29, 1.82) is 0 Å². The molecule has 0 spiro atoms. The highest BCUT2D eigenvalue weighted by molar-refractivity contribution is 6.32. The molecule has 0 amide bonds. The number of carbonyl (C=O) groups excluding carboxylic acids is 1. The van der Waals surface area contributed by atoms with E-state index in [9.17, 15) is 14.9 Å². The summed E-state index contributed by atoms with van der Waals surface area (Å²) in [4.78, 5) is 22.2. The first kappa shape index (κ1) is 14.2. The maximum atomic E-state index is 11.9. The molecule has 0 N–H and O–H groups in total. The van der Waals surface area contributed by atoms with Crippen molar-refractivity contribution in [3.8, 4) is 0 Å². The second kappa shape index (κ2) is 6.30. The minimum absolute atomic E-state index is 0.00724. The monoisotopic (exact) mass is 289 g/mol. The molecule has 0 bridgehead atoms. The van der Waals surface area contributed by atoms with Crippen LogP contribution in [0.15, 0.2) is 48.5 Å². The van der Waals surface area contributed by atoms with Crippen LogP contribution >= 0.6 is 11.6 Å². The third kappa shape index (κ3) is 3.65. The lowest BCUT2D eigenvalue weighted by Crippen LogP contribution is -2.06. The Morgan fingerprint density at radius 3 is 2.35 bits per heavy atom. The number of nitrogens with zero attached hydrogens (tertiary/aromatic N) is 1. The van der Waals surface area contributed by atoms with E-state index >= 15 is 0 Å². The first-order chi connectivity index (χ1) is 9.56. The molecule has 4 nitrogen and oxygen atoms in total. The predicted molar refractivity (Wildman–Crippen MR) is 77.0 cm³/mol. The Morgan fingerprint density at radius 2 is 1.70 bits per heavy atom. The molecule has 0 atom stereocenters. The number of Topliss-reactive ketones (excluding diaryl/α,β-unsaturated/α-hetero) is 1. The second-order valence-electron chi connectivity index (χ2n) is 4.42. The molecule has 2 rings (SSSR count). The Hall–Kier alpha value is -2.20. The molecule has 0 aliphatic rings. The number of nitro benzene ring substituents is 1. The highest BCUT2D eigenvalue weighted by Crippen LogP contribution is 2.25. The van der Waals surface area contributed by atoms with E-state index < -0.39 is 4.92 Å². The van der Waals surface area contributed by atoms with Gasteiger partial charge >= 0.3 is 0 Å². The van der Waals surface area contributed by atoms with Crippen LogP contribution in [-0.4, -0.2) is 10.7 Å². The van der Waals surface area contributed by atoms with E-state index in [0.717, 1.165) is 5.56 Å². The van der Waals surface area contributed by atoms with Gasteiger partial charge in [-0.15, -0.1) is 0 Å². The number of carbonyl (C=O) groups is 1. The van der Waals surface area contributed by atoms with E-state index in [1.807, 2.05) is 30.3 Å². The van der Waals surface area contributed by atoms with Crippen LogP contribution in [0.4, 0.5) is 5.69 Å². The number of hydrogen-bond donors (Lipinski definition) is 0. The van der Waals surface area contributed by atoms with Crippen molar-refractivity contribution in [1.82, 2.24) is 0 Å². The number of ketones is 1. The standard InChI is InChI=1S/C15H12ClNO3/c16-14-7-6-12(10-15(14)17(19)20)9-13(18)8-11-4-2-1-3-5-11/h1-7,10H,8-9H2. The molecule has 0 unspecified atom stereocenters. The Bertz CT molecular complexity index is 641. The summed E-state index contributed by atoms with van der Waals surface area (Å²) in [5.74, 6) is 0.00724. The van der Waals surface area contributed by atoms with Crippen molar-refractivity contribution < 1.29 is 9.72 Å². The average Bonchev–Trinajstić information content (AvgIpc) is 2.41. The third-order valence-electron chi connectivity index (χ3n) is 2.85. The lowest BCUT2D eigenvalue weighted by atomic mass is 10.0. The lowest BCUT2D eigenvalue weighted by molar-refractivity contribution is -0.384. The molecule has 2 aromatic rings. The zero-order valence-corrected chi connectivity index (χ0v) is 11.3. The molecule has 102 valence electrons. The Morgan fingerprint density at radius 1 is 1.05 bits per heavy atom. The highest BCUT2D eigenvalue weighted by Gasteiger charge is 2.14. The Labute approximate surface area is 121 Å². The maximum absolute atomic E-state index is 11.9. The summed E-state index contributed by atoms with van der Waals surface area (Å²) in [6.45, 7) is 0. The third-order valence-corrected chi connectivity index (χ3v) is 3.17. The van der Waals surface area contributed by atoms with E-state index in [0.29, 0.717) is 12.0 Å². The van der Waals surface area contributed by atoms with Gasteiger partial charge in [-0.2, -0.15) is 0 Å². The zero-order valence-electron chi connectivity index (χ0n) is 10.6. The van der Waals surface area contributed by atoms with Crippen LogP contribution in [0.5, 0.6) is 0 Å². The summed E-state index contributed by atoms with van der Waals surface area (Å²) >= 11 is 5.73. The fourth-order valence-corrected chi connectivity index (χ4v) is 2.11. The molecular formula is C15H12ClNO3. The van der Waals surface area contributed by atoms with Gasteiger partial charge < -0.3 is 0 Å². The molecule has 0 saturated carbocycles. The zero-order chi connectivity index (χ0) is 14.5. The highest BCUT2D eigenvalue weighted by atomic mass is 35.5. The van der Waals surface area contributed by atoms with Crippen LogP contribution in [0.3, 0.4) is 0 Å². The summed E-state index contributed by atoms with van der Waals surface area (Å²) in [6, 6.07) is 13.8. The smallest absolute Gasteiger partial charge is 0.288 e. The van der Waals surface area contributed by atoms with Gasteiger partial charge in [0.25, 0.3) is 5.69 Å². The molecule has 0 aliphatic heterocycles. The van der Waals surface area contributed by atoms with Crippen molar-refractivity contribution in [3.05, 3.63) is 74.8 Å². The largest absolute Gasteiger partial charge is 0.299 e. The number of halogens is 1. The van der Waals surface area contributed by atoms with Crippen LogP contribution in [0, 0.1) is 10.1 Å². The van der Waals surface area contributed by atoms with Gasteiger partial charge in [0, 0.05) is 18.9 Å². The topological polar surface area (TPSA) is 60.2 Å². The summed E-state index contributed by atoms with van der Waals surface area (Å²) in [5.41, 5.74) is 1.36. The van der Waals surface area contributed by atoms with Gasteiger partial charge in [0.15, 0.2) is 0 Å². The van der Waals surface area contributed by atoms with Crippen molar-refractivity contribution in [2.45, 2.75) is 12.8 Å². The van der Waals surface area contributed by atoms with Crippen LogP contribution in [0.2, 0.25) is 5.02 Å². The summed E-state index contributed by atoms with van der Waals surface area (Å²) in [7, 11) is 0. The first-order valence-corrected chi connectivity index (χ1v) is 6.42. The Balaban J connectivity index is 2.08. The van der Waals surface area contributed by atoms with Gasteiger partial charge in [0.1, 0.15) is 10.8 Å². The van der Waals surface area contributed by atoms with E-state index in [2.05, 4.69) is 0 Å². The van der Waals surface area contributed by atoms with Crippen LogP contribution < -0.4 is 0 Å². The first-order valence-electron chi connectivity index (χ1n) is 6.04. The quantitative estimate of drug-likeness (QED) is 0.624. The molecule has 0 heterocycles. The van der Waals surface area contributed by atoms with Gasteiger partial charge in [-0.05, 0) is 17.2 Å². The van der Waals surface area contributed by atoms with Crippen LogP contribution in [0.1, 0.15) is 11.1 Å². The molecule has 0 saturated heterocycles. The SMILES string of the molecule is O=C(Cc1ccccc1)Cc1ccc(Cl)c([N+](=O)[O-])c1. The number of benzene rings is 2. The van der Waals surface area contributed by atoms with Crippen molar-refractivity contribution in [2.75, 3.05) is 0 Å². The van der Waals surface area contributed by atoms with Crippen molar-refractivity contribution >= 4 is 23.1 Å². The minimum atomic E-state index is -0.548. The number of hydrogen-bond acceptors (Lipinski definition) is 3. The van der Waals surface area contributed by atoms with Gasteiger partial charge in [-0.1, -0.05) is 48.0 Å². The minimum Gasteiger partial charge on any atom is -0.299 e. The summed E-state index contributed by atoms with van der Waals surface area (Å²) in [6.07, 6.45) is 0.476. The fraction of sp³-hybridized carbons (Fsp3) is 0.133. The van der Waals surface area contributed by atoms with Crippen molar-refractivity contribution in [2.24, 2.45) is 0 Å². The molecule has 0 aliphatic carbocycles. The van der Waals surface area contributed by atoms with Gasteiger partial charge in [0.05, 0.1) is 4.92 Å². The maximum Gasteiger partial charge on any atom is 0.288 e. The van der Waals surface area contributed by atoms with Crippen LogP contribution in [0.25, 0.3) is 0 Å². The molecule has 0 fully saturated rings. The summed E-state index contributed by atoms with van der Waals surface area (Å²) < 4.78 is 0. The van der Waals surface area contributed by atoms with Crippen LogP contribution in [-0.2, 0) is 17.6 Å². The molecule has 5 heteroatoms. The van der Waals surface area contributed by atoms with E-state index in [-0.39, 0.29) is 22.9 Å². The predicted octanol–water partition coefficient (Wildman–Crippen LogP) is 3.60. The molecule has 0 aromatic heterocycles. The molecule has 20 heavy (non-hydrogen) atoms. The molecular weight excluding hydrogens is 278 g/mol. The molecule has 0 radical (unpaired) electrons. The lowest BCUT2D eigenvalue weighted by Gasteiger charge is -2.03. The van der Waals surface area contributed by atoms with Gasteiger partial charge in [0.2, 0.25) is 0 Å².